The Bertz CT molecular complexity index is 967. The molecule has 2 bridgehead atoms. The highest BCUT2D eigenvalue weighted by molar-refractivity contribution is 5.85. The van der Waals surface area contributed by atoms with E-state index in [1.807, 2.05) is 0 Å². The zero-order chi connectivity index (χ0) is 24.7. The number of Topliss-reactive ketones (excluding diaryl/α,β-unsaturated/α-hetero) is 1. The van der Waals surface area contributed by atoms with Crippen LogP contribution in [-0.4, -0.2) is 28.6 Å². The van der Waals surface area contributed by atoms with E-state index in [0.717, 1.165) is 51.4 Å². The van der Waals surface area contributed by atoms with Crippen LogP contribution in [0.4, 0.5) is 0 Å². The first-order chi connectivity index (χ1) is 15.6. The summed E-state index contributed by atoms with van der Waals surface area (Å²) in [5, 5.41) is 12.2. The van der Waals surface area contributed by atoms with Crippen molar-refractivity contribution in [3.8, 4) is 0 Å². The number of hydrogen-bond acceptors (Lipinski definition) is 4. The molecular formula is C30H46O4. The molecular weight excluding hydrogens is 424 g/mol. The van der Waals surface area contributed by atoms with Crippen LogP contribution >= 0.6 is 0 Å². The number of rotatable bonds is 0. The van der Waals surface area contributed by atoms with Crippen LogP contribution in [0.25, 0.3) is 0 Å². The molecule has 6 rings (SSSR count). The lowest BCUT2D eigenvalue weighted by Crippen LogP contribution is -2.76. The third kappa shape index (κ3) is 2.28. The van der Waals surface area contributed by atoms with Gasteiger partial charge in [0.05, 0.1) is 11.5 Å². The second-order valence-electron chi connectivity index (χ2n) is 15.6. The average molecular weight is 471 g/mol. The zero-order valence-corrected chi connectivity index (χ0v) is 22.6. The van der Waals surface area contributed by atoms with E-state index in [9.17, 15) is 14.7 Å². The van der Waals surface area contributed by atoms with Crippen LogP contribution < -0.4 is 0 Å². The number of esters is 1. The molecule has 1 N–H and O–H groups in total. The first-order valence-electron chi connectivity index (χ1n) is 14.1. The van der Waals surface area contributed by atoms with Crippen LogP contribution in [0.1, 0.15) is 113 Å². The quantitative estimate of drug-likeness (QED) is 0.435. The SMILES string of the molecule is CC1(C)CC[C@@]23CC[C@]4(C)[C@@](OC2=O)([C@@H]3C1)[C@@H](O)CC1[C@@]2(C)CCC(=O)C(C)(C)[C@@H]2CC[C@]14C. The highest BCUT2D eigenvalue weighted by Crippen LogP contribution is 2.80. The zero-order valence-electron chi connectivity index (χ0n) is 22.6. The van der Waals surface area contributed by atoms with Crippen LogP contribution in [0.3, 0.4) is 0 Å². The molecule has 190 valence electrons. The fraction of sp³-hybridized carbons (Fsp3) is 0.933. The van der Waals surface area contributed by atoms with Gasteiger partial charge >= 0.3 is 5.97 Å². The molecule has 5 aliphatic carbocycles. The summed E-state index contributed by atoms with van der Waals surface area (Å²) in [5.41, 5.74) is -1.54. The lowest BCUT2D eigenvalue weighted by Gasteiger charge is -2.74. The van der Waals surface area contributed by atoms with E-state index < -0.39 is 11.7 Å². The summed E-state index contributed by atoms with van der Waals surface area (Å²) in [4.78, 5) is 26.6. The molecule has 4 nitrogen and oxygen atoms in total. The number of fused-ring (bicyclic) bond motifs is 4. The molecule has 1 spiro atoms. The van der Waals surface area contributed by atoms with Crippen LogP contribution in [-0.2, 0) is 14.3 Å². The van der Waals surface area contributed by atoms with Gasteiger partial charge in [-0.15, -0.1) is 0 Å². The second-order valence-corrected chi connectivity index (χ2v) is 15.6. The summed E-state index contributed by atoms with van der Waals surface area (Å²) in [6.07, 6.45) is 8.56. The molecule has 34 heavy (non-hydrogen) atoms. The maximum Gasteiger partial charge on any atom is 0.313 e. The predicted octanol–water partition coefficient (Wildman–Crippen LogP) is 6.09. The van der Waals surface area contributed by atoms with E-state index in [2.05, 4.69) is 48.5 Å². The molecule has 0 aromatic heterocycles. The normalized spacial score (nSPS) is 57.1. The van der Waals surface area contributed by atoms with Crippen LogP contribution in [0.2, 0.25) is 0 Å². The van der Waals surface area contributed by atoms with Crippen molar-refractivity contribution >= 4 is 11.8 Å². The van der Waals surface area contributed by atoms with Gasteiger partial charge < -0.3 is 9.84 Å². The van der Waals surface area contributed by atoms with Crippen molar-refractivity contribution in [1.29, 1.82) is 0 Å². The number of aliphatic hydroxyl groups is 1. The van der Waals surface area contributed by atoms with E-state index in [0.29, 0.717) is 30.5 Å². The molecule has 6 aliphatic rings. The van der Waals surface area contributed by atoms with Crippen molar-refractivity contribution in [3.63, 3.8) is 0 Å². The highest BCUT2D eigenvalue weighted by atomic mass is 16.6. The Balaban J connectivity index is 1.50. The van der Waals surface area contributed by atoms with Crippen molar-refractivity contribution < 1.29 is 19.4 Å². The van der Waals surface area contributed by atoms with E-state index in [1.165, 1.54) is 0 Å². The third-order valence-electron chi connectivity index (χ3n) is 13.8. The molecule has 0 amide bonds. The Morgan fingerprint density at radius 3 is 2.21 bits per heavy atom. The van der Waals surface area contributed by atoms with Gasteiger partial charge in [0.15, 0.2) is 0 Å². The van der Waals surface area contributed by atoms with E-state index in [4.69, 9.17) is 4.74 Å². The van der Waals surface area contributed by atoms with Gasteiger partial charge in [-0.2, -0.15) is 0 Å². The van der Waals surface area contributed by atoms with Gasteiger partial charge in [0, 0.05) is 23.2 Å². The molecule has 6 fully saturated rings. The number of carbonyl (C=O) groups excluding carboxylic acids is 2. The number of hydrogen-bond donors (Lipinski definition) is 1. The van der Waals surface area contributed by atoms with Crippen LogP contribution in [0.5, 0.6) is 0 Å². The predicted molar refractivity (Wildman–Crippen MR) is 131 cm³/mol. The maximum atomic E-state index is 13.7. The second kappa shape index (κ2) is 6.32. The summed E-state index contributed by atoms with van der Waals surface area (Å²) in [7, 11) is 0. The van der Waals surface area contributed by atoms with Crippen molar-refractivity contribution in [3.05, 3.63) is 0 Å². The fourth-order valence-corrected chi connectivity index (χ4v) is 11.6. The van der Waals surface area contributed by atoms with Crippen molar-refractivity contribution in [1.82, 2.24) is 0 Å². The molecule has 1 unspecified atom stereocenters. The minimum absolute atomic E-state index is 0.0119. The summed E-state index contributed by atoms with van der Waals surface area (Å²) >= 11 is 0. The summed E-state index contributed by atoms with van der Waals surface area (Å²) < 4.78 is 6.62. The third-order valence-corrected chi connectivity index (χ3v) is 13.8. The topological polar surface area (TPSA) is 63.6 Å². The number of ketones is 1. The van der Waals surface area contributed by atoms with Gasteiger partial charge in [-0.05, 0) is 85.9 Å². The standard InChI is InChI=1S/C30H46O4/c1-24(2)12-14-29-15-13-28(7)27(6)11-8-18-25(3,4)21(31)9-10-26(18,5)19(27)16-22(32)30(28,20(29)17-24)34-23(29)33/h18-20,22,32H,8-17H2,1-7H3/t18-,19?,20+,22-,26-,27+,28-,29-,30+/m0/s1. The minimum Gasteiger partial charge on any atom is -0.455 e. The molecule has 5 saturated carbocycles. The van der Waals surface area contributed by atoms with Gasteiger partial charge in [-0.1, -0.05) is 48.5 Å². The molecule has 0 radical (unpaired) electrons. The van der Waals surface area contributed by atoms with E-state index >= 15 is 0 Å². The Morgan fingerprint density at radius 1 is 0.824 bits per heavy atom. The van der Waals surface area contributed by atoms with Gasteiger partial charge in [-0.3, -0.25) is 9.59 Å². The molecule has 1 heterocycles. The van der Waals surface area contributed by atoms with Crippen molar-refractivity contribution in [2.24, 2.45) is 50.2 Å². The number of aliphatic hydroxyl groups excluding tert-OH is 1. The molecule has 0 aromatic carbocycles. The summed E-state index contributed by atoms with van der Waals surface area (Å²) in [6.45, 7) is 16.3. The molecule has 4 heteroatoms. The Morgan fingerprint density at radius 2 is 1.50 bits per heavy atom. The van der Waals surface area contributed by atoms with Gasteiger partial charge in [-0.25, -0.2) is 0 Å². The largest absolute Gasteiger partial charge is 0.455 e. The molecule has 0 aromatic rings. The van der Waals surface area contributed by atoms with Crippen LogP contribution in [0.15, 0.2) is 0 Å². The molecule has 1 saturated heterocycles. The summed E-state index contributed by atoms with van der Waals surface area (Å²) in [6, 6.07) is 0. The first-order valence-corrected chi connectivity index (χ1v) is 14.1. The molecule has 9 atom stereocenters. The number of ether oxygens (including phenoxy) is 1. The number of carbonyl (C=O) groups is 2. The van der Waals surface area contributed by atoms with Crippen LogP contribution in [0, 0.1) is 50.2 Å². The lowest BCUT2D eigenvalue weighted by atomic mass is 9.30. The van der Waals surface area contributed by atoms with E-state index in [1.54, 1.807) is 0 Å². The monoisotopic (exact) mass is 470 g/mol. The van der Waals surface area contributed by atoms with Crippen molar-refractivity contribution in [2.75, 3.05) is 0 Å². The Hall–Kier alpha value is -0.900. The average Bonchev–Trinajstić information content (AvgIpc) is 2.93. The van der Waals surface area contributed by atoms with Gasteiger partial charge in [0.2, 0.25) is 0 Å². The van der Waals surface area contributed by atoms with Gasteiger partial charge in [0.1, 0.15) is 11.4 Å². The summed E-state index contributed by atoms with van der Waals surface area (Å²) in [5.74, 6) is 1.20. The smallest absolute Gasteiger partial charge is 0.313 e. The minimum atomic E-state index is -0.769. The van der Waals surface area contributed by atoms with Crippen molar-refractivity contribution in [2.45, 2.75) is 124 Å². The Labute approximate surface area is 206 Å². The lowest BCUT2D eigenvalue weighted by molar-refractivity contribution is -0.311. The molecule has 1 aliphatic heterocycles. The van der Waals surface area contributed by atoms with E-state index in [-0.39, 0.29) is 44.4 Å². The highest BCUT2D eigenvalue weighted by Gasteiger charge is 2.83. The fourth-order valence-electron chi connectivity index (χ4n) is 11.6. The van der Waals surface area contributed by atoms with Gasteiger partial charge in [0.25, 0.3) is 0 Å². The Kier molecular flexibility index (Phi) is 4.37. The first kappa shape index (κ1) is 23.5. The maximum absolute atomic E-state index is 13.7.